The number of carbonyl (C=O) groups is 2. The maximum Gasteiger partial charge on any atom is 0.253 e. The Labute approximate surface area is 217 Å². The molecular weight excluding hydrogens is 475 g/mol. The van der Waals surface area contributed by atoms with Gasteiger partial charge in [-0.2, -0.15) is 4.99 Å². The van der Waals surface area contributed by atoms with Gasteiger partial charge in [0.1, 0.15) is 5.75 Å². The molecular formula is C28H35FN4O4. The molecule has 3 rings (SSSR count). The number of benzene rings is 3. The van der Waals surface area contributed by atoms with Crippen molar-refractivity contribution in [3.8, 4) is 11.5 Å². The topological polar surface area (TPSA) is 129 Å². The van der Waals surface area contributed by atoms with Gasteiger partial charge in [-0.1, -0.05) is 61.9 Å². The Morgan fingerprint density at radius 3 is 2.24 bits per heavy atom. The summed E-state index contributed by atoms with van der Waals surface area (Å²) in [5.74, 6) is -0.112. The molecule has 0 aromatic heterocycles. The first-order valence-electron chi connectivity index (χ1n) is 11.6. The summed E-state index contributed by atoms with van der Waals surface area (Å²) in [5, 5.41) is 2.48. The van der Waals surface area contributed by atoms with Gasteiger partial charge >= 0.3 is 0 Å². The minimum atomic E-state index is -0.405. The van der Waals surface area contributed by atoms with E-state index in [1.54, 1.807) is 37.4 Å². The largest absolute Gasteiger partial charge is 0.497 e. The number of hydrogen-bond acceptors (Lipinski definition) is 4. The average molecular weight is 511 g/mol. The molecule has 37 heavy (non-hydrogen) atoms. The van der Waals surface area contributed by atoms with E-state index >= 15 is 0 Å². The van der Waals surface area contributed by atoms with Crippen LogP contribution in [0, 0.1) is 5.82 Å². The van der Waals surface area contributed by atoms with Crippen molar-refractivity contribution in [1.82, 2.24) is 5.32 Å². The van der Waals surface area contributed by atoms with Gasteiger partial charge in [0.2, 0.25) is 6.41 Å². The maximum atomic E-state index is 12.9. The summed E-state index contributed by atoms with van der Waals surface area (Å²) < 4.78 is 22.7. The van der Waals surface area contributed by atoms with Crippen molar-refractivity contribution in [3.05, 3.63) is 95.3 Å². The summed E-state index contributed by atoms with van der Waals surface area (Å²) >= 11 is 0. The van der Waals surface area contributed by atoms with Gasteiger partial charge in [-0.05, 0) is 47.4 Å². The van der Waals surface area contributed by atoms with E-state index in [0.717, 1.165) is 11.1 Å². The lowest BCUT2D eigenvalue weighted by Crippen LogP contribution is -2.24. The molecule has 198 valence electrons. The number of amides is 2. The molecule has 0 bridgehead atoms. The van der Waals surface area contributed by atoms with Crippen molar-refractivity contribution in [1.29, 1.82) is 0 Å². The highest BCUT2D eigenvalue weighted by atomic mass is 19.1. The number of ether oxygens (including phenoxy) is 2. The van der Waals surface area contributed by atoms with Crippen LogP contribution in [-0.2, 0) is 29.0 Å². The fraction of sp³-hybridized carbons (Fsp3) is 0.250. The van der Waals surface area contributed by atoms with Crippen LogP contribution in [0.2, 0.25) is 0 Å². The summed E-state index contributed by atoms with van der Waals surface area (Å²) in [4.78, 5) is 24.6. The smallest absolute Gasteiger partial charge is 0.253 e. The number of hydrogen-bond donors (Lipinski definition) is 3. The van der Waals surface area contributed by atoms with Gasteiger partial charge in [0.25, 0.3) is 5.91 Å². The molecule has 0 fully saturated rings. The van der Waals surface area contributed by atoms with Crippen LogP contribution in [0.3, 0.4) is 0 Å². The number of guanidine groups is 1. The summed E-state index contributed by atoms with van der Waals surface area (Å²) in [6, 6.07) is 22.2. The van der Waals surface area contributed by atoms with Crippen molar-refractivity contribution >= 4 is 18.3 Å². The monoisotopic (exact) mass is 510 g/mol. The molecule has 8 nitrogen and oxygen atoms in total. The number of nitrogens with zero attached hydrogens (tertiary/aromatic N) is 1. The van der Waals surface area contributed by atoms with E-state index in [0.29, 0.717) is 18.7 Å². The zero-order valence-corrected chi connectivity index (χ0v) is 21.4. The summed E-state index contributed by atoms with van der Waals surface area (Å²) in [6.45, 7) is 2.58. The van der Waals surface area contributed by atoms with Gasteiger partial charge in [0, 0.05) is 6.54 Å². The number of nitrogens with one attached hydrogen (secondary N) is 1. The third kappa shape index (κ3) is 13.3. The van der Waals surface area contributed by atoms with Crippen LogP contribution >= 0.6 is 0 Å². The Bertz CT molecular complexity index is 1120. The number of aliphatic imine (C=N–C) groups is 1. The molecule has 3 aromatic carbocycles. The molecule has 9 heteroatoms. The van der Waals surface area contributed by atoms with E-state index in [1.807, 2.05) is 6.07 Å². The molecule has 3 aromatic rings. The Hall–Kier alpha value is -4.40. The molecule has 2 amide bonds. The second-order valence-electron chi connectivity index (χ2n) is 7.66. The van der Waals surface area contributed by atoms with E-state index in [1.165, 1.54) is 31.6 Å². The minimum Gasteiger partial charge on any atom is -0.497 e. The van der Waals surface area contributed by atoms with E-state index in [-0.39, 0.29) is 24.0 Å². The number of methoxy groups -OCH3 is 2. The molecule has 0 saturated heterocycles. The van der Waals surface area contributed by atoms with Crippen molar-refractivity contribution in [2.75, 3.05) is 14.2 Å². The van der Waals surface area contributed by atoms with Crippen LogP contribution in [-0.4, -0.2) is 32.5 Å². The van der Waals surface area contributed by atoms with E-state index in [4.69, 9.17) is 20.9 Å². The lowest BCUT2D eigenvalue weighted by Gasteiger charge is -2.04. The van der Waals surface area contributed by atoms with Crippen molar-refractivity contribution in [2.45, 2.75) is 32.7 Å². The number of aryl methyl sites for hydroxylation is 1. The third-order valence-corrected chi connectivity index (χ3v) is 4.73. The van der Waals surface area contributed by atoms with Crippen LogP contribution in [0.5, 0.6) is 11.5 Å². The van der Waals surface area contributed by atoms with Crippen LogP contribution in [0.25, 0.3) is 0 Å². The molecule has 0 aliphatic heterocycles. The molecule has 0 saturated carbocycles. The number of carbonyl (C=O) groups excluding carboxylic acids is 2. The van der Waals surface area contributed by atoms with Crippen molar-refractivity contribution in [3.63, 3.8) is 0 Å². The van der Waals surface area contributed by atoms with Crippen molar-refractivity contribution < 1.29 is 23.5 Å². The van der Waals surface area contributed by atoms with Gasteiger partial charge in [-0.3, -0.25) is 9.59 Å². The molecule has 0 heterocycles. The SMILES string of the molecule is CCCc1ccccc1.COc1cc(CNC=O)ccc1F.COc1cccc(CC(=O)N=C(N)N)c1. The highest BCUT2D eigenvalue weighted by molar-refractivity contribution is 5.92. The first-order chi connectivity index (χ1) is 17.8. The Kier molecular flexibility index (Phi) is 14.9. The zero-order chi connectivity index (χ0) is 27.5. The second-order valence-corrected chi connectivity index (χ2v) is 7.66. The fourth-order valence-electron chi connectivity index (χ4n) is 3.05. The average Bonchev–Trinajstić information content (AvgIpc) is 2.89. The lowest BCUT2D eigenvalue weighted by molar-refractivity contribution is -0.117. The van der Waals surface area contributed by atoms with E-state index < -0.39 is 5.82 Å². The number of halogens is 1. The van der Waals surface area contributed by atoms with Crippen LogP contribution in [0.15, 0.2) is 77.8 Å². The highest BCUT2D eigenvalue weighted by Gasteiger charge is 2.03. The van der Waals surface area contributed by atoms with Gasteiger partial charge in [0.15, 0.2) is 17.5 Å². The molecule has 0 radical (unpaired) electrons. The van der Waals surface area contributed by atoms with Crippen molar-refractivity contribution in [2.24, 2.45) is 16.5 Å². The fourth-order valence-corrected chi connectivity index (χ4v) is 3.05. The quantitative estimate of drug-likeness (QED) is 0.228. The van der Waals surface area contributed by atoms with Gasteiger partial charge in [0.05, 0.1) is 20.6 Å². The molecule has 0 aliphatic rings. The Morgan fingerprint density at radius 1 is 0.946 bits per heavy atom. The third-order valence-electron chi connectivity index (χ3n) is 4.73. The predicted molar refractivity (Wildman–Crippen MR) is 144 cm³/mol. The van der Waals surface area contributed by atoms with E-state index in [9.17, 15) is 14.0 Å². The second kappa shape index (κ2) is 18.0. The lowest BCUT2D eigenvalue weighted by atomic mass is 10.1. The number of nitrogens with two attached hydrogens (primary N) is 2. The summed E-state index contributed by atoms with van der Waals surface area (Å²) in [6.07, 6.45) is 3.20. The van der Waals surface area contributed by atoms with Gasteiger partial charge < -0.3 is 26.3 Å². The normalized spacial score (nSPS) is 9.41. The Balaban J connectivity index is 0.000000286. The first-order valence-corrected chi connectivity index (χ1v) is 11.6. The Morgan fingerprint density at radius 2 is 1.65 bits per heavy atom. The summed E-state index contributed by atoms with van der Waals surface area (Å²) in [7, 11) is 2.96. The molecule has 0 unspecified atom stereocenters. The molecule has 0 aliphatic carbocycles. The van der Waals surface area contributed by atoms with Crippen LogP contribution < -0.4 is 26.3 Å². The molecule has 0 atom stereocenters. The first kappa shape index (κ1) is 30.6. The molecule has 5 N–H and O–H groups in total. The van der Waals surface area contributed by atoms with E-state index in [2.05, 4.69) is 47.6 Å². The summed E-state index contributed by atoms with van der Waals surface area (Å²) in [5.41, 5.74) is 13.2. The van der Waals surface area contributed by atoms with Crippen LogP contribution in [0.1, 0.15) is 30.0 Å². The van der Waals surface area contributed by atoms with Gasteiger partial charge in [-0.25, -0.2) is 4.39 Å². The zero-order valence-electron chi connectivity index (χ0n) is 21.4. The number of rotatable bonds is 9. The van der Waals surface area contributed by atoms with Crippen LogP contribution in [0.4, 0.5) is 4.39 Å². The predicted octanol–water partition coefficient (Wildman–Crippen LogP) is 3.76. The maximum absolute atomic E-state index is 12.9. The minimum absolute atomic E-state index is 0.162. The molecule has 0 spiro atoms. The highest BCUT2D eigenvalue weighted by Crippen LogP contribution is 2.17. The van der Waals surface area contributed by atoms with Gasteiger partial charge in [-0.15, -0.1) is 0 Å². The standard InChI is InChI=1S/C10H13N3O2.C9H10FNO2.C9H12/c1-15-8-4-2-3-7(5-8)6-9(14)13-10(11)12;1-13-9-4-7(5-11-6-12)2-3-8(9)10;1-2-6-9-7-4-3-5-8-9/h2-5H,6H2,1H3,(H4,11,12,13,14);2-4,6H,5H2,1H3,(H,11,12);3-5,7-8H,2,6H2,1H3.